The SMILES string of the molecule is CCCC1CCC(NCCN)CC1. The summed E-state index contributed by atoms with van der Waals surface area (Å²) in [6.45, 7) is 4.05. The van der Waals surface area contributed by atoms with E-state index in [1.807, 2.05) is 0 Å². The van der Waals surface area contributed by atoms with Gasteiger partial charge in [-0.2, -0.15) is 0 Å². The van der Waals surface area contributed by atoms with Gasteiger partial charge in [0, 0.05) is 19.1 Å². The summed E-state index contributed by atoms with van der Waals surface area (Å²) in [6, 6.07) is 0.761. The van der Waals surface area contributed by atoms with Crippen molar-refractivity contribution in [3.8, 4) is 0 Å². The molecule has 0 aromatic heterocycles. The Balaban J connectivity index is 2.08. The second kappa shape index (κ2) is 6.39. The third-order valence-electron chi connectivity index (χ3n) is 3.12. The predicted octanol–water partition coefficient (Wildman–Crippen LogP) is 1.89. The van der Waals surface area contributed by atoms with E-state index in [0.717, 1.165) is 25.0 Å². The maximum Gasteiger partial charge on any atom is 0.00770 e. The largest absolute Gasteiger partial charge is 0.329 e. The Hall–Kier alpha value is -0.0800. The summed E-state index contributed by atoms with van der Waals surface area (Å²) in [6.07, 6.45) is 8.37. The molecule has 1 fully saturated rings. The minimum absolute atomic E-state index is 0.761. The zero-order valence-electron chi connectivity index (χ0n) is 8.89. The van der Waals surface area contributed by atoms with Crippen LogP contribution in [-0.2, 0) is 0 Å². The normalized spacial score (nSPS) is 29.1. The fourth-order valence-corrected chi connectivity index (χ4v) is 2.35. The topological polar surface area (TPSA) is 38.0 Å². The van der Waals surface area contributed by atoms with Gasteiger partial charge in [-0.05, 0) is 31.6 Å². The molecule has 0 atom stereocenters. The Labute approximate surface area is 82.3 Å². The van der Waals surface area contributed by atoms with Crippen LogP contribution in [0, 0.1) is 5.92 Å². The van der Waals surface area contributed by atoms with Crippen molar-refractivity contribution in [3.05, 3.63) is 0 Å². The lowest BCUT2D eigenvalue weighted by molar-refractivity contribution is 0.280. The molecule has 1 saturated carbocycles. The van der Waals surface area contributed by atoms with Gasteiger partial charge in [0.05, 0.1) is 0 Å². The van der Waals surface area contributed by atoms with E-state index in [1.54, 1.807) is 0 Å². The van der Waals surface area contributed by atoms with E-state index in [0.29, 0.717) is 0 Å². The molecule has 78 valence electrons. The van der Waals surface area contributed by atoms with E-state index >= 15 is 0 Å². The minimum atomic E-state index is 0.761. The monoisotopic (exact) mass is 184 g/mol. The molecule has 3 N–H and O–H groups in total. The van der Waals surface area contributed by atoms with Gasteiger partial charge in [-0.3, -0.25) is 0 Å². The smallest absolute Gasteiger partial charge is 0.00770 e. The van der Waals surface area contributed by atoms with E-state index in [4.69, 9.17) is 5.73 Å². The fraction of sp³-hybridized carbons (Fsp3) is 1.00. The third-order valence-corrected chi connectivity index (χ3v) is 3.12. The molecule has 0 aromatic carbocycles. The highest BCUT2D eigenvalue weighted by Crippen LogP contribution is 2.27. The van der Waals surface area contributed by atoms with Gasteiger partial charge in [-0.25, -0.2) is 0 Å². The molecule has 0 spiro atoms. The number of hydrogen-bond donors (Lipinski definition) is 2. The van der Waals surface area contributed by atoms with Crippen molar-refractivity contribution in [3.63, 3.8) is 0 Å². The Morgan fingerprint density at radius 2 is 1.92 bits per heavy atom. The molecule has 1 aliphatic carbocycles. The van der Waals surface area contributed by atoms with E-state index in [9.17, 15) is 0 Å². The Morgan fingerprint density at radius 3 is 2.46 bits per heavy atom. The number of rotatable bonds is 5. The molecule has 0 bridgehead atoms. The van der Waals surface area contributed by atoms with Crippen LogP contribution in [0.15, 0.2) is 0 Å². The molecule has 0 heterocycles. The van der Waals surface area contributed by atoms with Crippen molar-refractivity contribution in [2.24, 2.45) is 11.7 Å². The molecule has 1 rings (SSSR count). The molecule has 0 amide bonds. The molecule has 2 nitrogen and oxygen atoms in total. The van der Waals surface area contributed by atoms with E-state index in [2.05, 4.69) is 12.2 Å². The molecule has 0 unspecified atom stereocenters. The number of hydrogen-bond acceptors (Lipinski definition) is 2. The maximum atomic E-state index is 5.46. The van der Waals surface area contributed by atoms with Crippen LogP contribution in [0.25, 0.3) is 0 Å². The van der Waals surface area contributed by atoms with Crippen molar-refractivity contribution in [1.29, 1.82) is 0 Å². The van der Waals surface area contributed by atoms with E-state index < -0.39 is 0 Å². The van der Waals surface area contributed by atoms with Crippen LogP contribution in [0.5, 0.6) is 0 Å². The molecule has 13 heavy (non-hydrogen) atoms. The summed E-state index contributed by atoms with van der Waals surface area (Å²) in [5, 5.41) is 3.51. The summed E-state index contributed by atoms with van der Waals surface area (Å²) in [5.41, 5.74) is 5.46. The summed E-state index contributed by atoms with van der Waals surface area (Å²) in [5.74, 6) is 1.01. The molecule has 0 saturated heterocycles. The molecular weight excluding hydrogens is 160 g/mol. The second-order valence-corrected chi connectivity index (χ2v) is 4.25. The first-order valence-corrected chi connectivity index (χ1v) is 5.80. The van der Waals surface area contributed by atoms with E-state index in [-0.39, 0.29) is 0 Å². The minimum Gasteiger partial charge on any atom is -0.329 e. The standard InChI is InChI=1S/C11H24N2/c1-2-3-10-4-6-11(7-5-10)13-9-8-12/h10-11,13H,2-9,12H2,1H3. The molecule has 2 heteroatoms. The maximum absolute atomic E-state index is 5.46. The van der Waals surface area contributed by atoms with Gasteiger partial charge in [0.25, 0.3) is 0 Å². The van der Waals surface area contributed by atoms with Crippen molar-refractivity contribution in [2.75, 3.05) is 13.1 Å². The zero-order valence-corrected chi connectivity index (χ0v) is 8.89. The molecule has 1 aliphatic rings. The lowest BCUT2D eigenvalue weighted by atomic mass is 9.83. The predicted molar refractivity (Wildman–Crippen MR) is 57.7 cm³/mol. The van der Waals surface area contributed by atoms with E-state index in [1.165, 1.54) is 38.5 Å². The molecule has 0 aliphatic heterocycles. The first-order valence-electron chi connectivity index (χ1n) is 5.80. The number of nitrogens with one attached hydrogen (secondary N) is 1. The van der Waals surface area contributed by atoms with Crippen LogP contribution in [-0.4, -0.2) is 19.1 Å². The third kappa shape index (κ3) is 4.10. The Bertz CT molecular complexity index is 117. The molecule has 0 aromatic rings. The zero-order chi connectivity index (χ0) is 9.52. The van der Waals surface area contributed by atoms with Gasteiger partial charge < -0.3 is 11.1 Å². The quantitative estimate of drug-likeness (QED) is 0.685. The van der Waals surface area contributed by atoms with Gasteiger partial charge in [0.2, 0.25) is 0 Å². The van der Waals surface area contributed by atoms with Crippen LogP contribution < -0.4 is 11.1 Å². The van der Waals surface area contributed by atoms with Gasteiger partial charge in [-0.15, -0.1) is 0 Å². The summed E-state index contributed by atoms with van der Waals surface area (Å²) in [4.78, 5) is 0. The van der Waals surface area contributed by atoms with Crippen LogP contribution in [0.2, 0.25) is 0 Å². The Morgan fingerprint density at radius 1 is 1.23 bits per heavy atom. The summed E-state index contributed by atoms with van der Waals surface area (Å²) >= 11 is 0. The van der Waals surface area contributed by atoms with Crippen molar-refractivity contribution in [2.45, 2.75) is 51.5 Å². The fourth-order valence-electron chi connectivity index (χ4n) is 2.35. The number of nitrogens with two attached hydrogens (primary N) is 1. The van der Waals surface area contributed by atoms with Crippen molar-refractivity contribution in [1.82, 2.24) is 5.32 Å². The van der Waals surface area contributed by atoms with Crippen molar-refractivity contribution < 1.29 is 0 Å². The first-order chi connectivity index (χ1) is 6.36. The first kappa shape index (κ1) is 11.0. The highest BCUT2D eigenvalue weighted by Gasteiger charge is 2.19. The average Bonchev–Trinajstić information content (AvgIpc) is 2.17. The second-order valence-electron chi connectivity index (χ2n) is 4.25. The average molecular weight is 184 g/mol. The van der Waals surface area contributed by atoms with Gasteiger partial charge in [-0.1, -0.05) is 19.8 Å². The van der Waals surface area contributed by atoms with Crippen LogP contribution in [0.1, 0.15) is 45.4 Å². The van der Waals surface area contributed by atoms with Gasteiger partial charge >= 0.3 is 0 Å². The summed E-state index contributed by atoms with van der Waals surface area (Å²) < 4.78 is 0. The van der Waals surface area contributed by atoms with Crippen LogP contribution in [0.3, 0.4) is 0 Å². The lowest BCUT2D eigenvalue weighted by Gasteiger charge is -2.28. The van der Waals surface area contributed by atoms with Crippen LogP contribution in [0.4, 0.5) is 0 Å². The highest BCUT2D eigenvalue weighted by molar-refractivity contribution is 4.76. The van der Waals surface area contributed by atoms with Gasteiger partial charge in [0.15, 0.2) is 0 Å². The van der Waals surface area contributed by atoms with Crippen molar-refractivity contribution >= 4 is 0 Å². The van der Waals surface area contributed by atoms with Gasteiger partial charge in [0.1, 0.15) is 0 Å². The molecular formula is C11H24N2. The highest BCUT2D eigenvalue weighted by atomic mass is 14.9. The van der Waals surface area contributed by atoms with Crippen LogP contribution >= 0.6 is 0 Å². The lowest BCUT2D eigenvalue weighted by Crippen LogP contribution is -2.36. The summed E-state index contributed by atoms with van der Waals surface area (Å²) in [7, 11) is 0. The molecule has 0 radical (unpaired) electrons. The Kier molecular flexibility index (Phi) is 5.40.